The minimum Gasteiger partial charge on any atom is -0.463 e. The number of rotatable bonds is 18. The number of carbonyl (C=O) groups is 7. The lowest BCUT2D eigenvalue weighted by molar-refractivity contribution is -0.141. The Bertz CT molecular complexity index is 1030. The summed E-state index contributed by atoms with van der Waals surface area (Å²) >= 11 is 0. The highest BCUT2D eigenvalue weighted by Crippen LogP contribution is 2.19. The molecule has 6 amide bonds. The number of hydrogen-bond acceptors (Lipinski definition) is 9. The van der Waals surface area contributed by atoms with Gasteiger partial charge in [0, 0.05) is 32.0 Å². The summed E-state index contributed by atoms with van der Waals surface area (Å²) in [5.74, 6) is -3.69. The van der Waals surface area contributed by atoms with Crippen LogP contribution in [-0.4, -0.2) is 96.2 Å². The van der Waals surface area contributed by atoms with E-state index < -0.39 is 65.7 Å². The third-order valence-electron chi connectivity index (χ3n) is 6.74. The van der Waals surface area contributed by atoms with Gasteiger partial charge in [0.1, 0.15) is 24.2 Å². The summed E-state index contributed by atoms with van der Waals surface area (Å²) in [5, 5.41) is 10.5. The average molecular weight is 610 g/mol. The number of nitrogens with zero attached hydrogens (tertiary/aromatic N) is 1. The highest BCUT2D eigenvalue weighted by atomic mass is 16.5. The third-order valence-corrected chi connectivity index (χ3v) is 6.74. The van der Waals surface area contributed by atoms with E-state index in [-0.39, 0.29) is 31.8 Å². The summed E-state index contributed by atoms with van der Waals surface area (Å²) < 4.78 is 4.86. The van der Waals surface area contributed by atoms with E-state index in [1.54, 1.807) is 6.92 Å². The van der Waals surface area contributed by atoms with Crippen molar-refractivity contribution in [3.63, 3.8) is 0 Å². The van der Waals surface area contributed by atoms with Crippen molar-refractivity contribution in [3.8, 4) is 0 Å². The van der Waals surface area contributed by atoms with Crippen LogP contribution >= 0.6 is 0 Å². The first-order valence-corrected chi connectivity index (χ1v) is 14.6. The molecule has 0 spiro atoms. The smallest absolute Gasteiger partial charge is 0.330 e. The van der Waals surface area contributed by atoms with Crippen LogP contribution in [-0.2, 0) is 38.3 Å². The number of likely N-dealkylation sites (tertiary alicyclic amines) is 1. The number of primary amides is 1. The first-order chi connectivity index (χ1) is 20.3. The molecule has 0 aromatic carbocycles. The first kappa shape index (κ1) is 37.0. The lowest BCUT2D eigenvalue weighted by Crippen LogP contribution is -2.57. The largest absolute Gasteiger partial charge is 0.463 e. The number of nitrogens with one attached hydrogen (secondary N) is 4. The second-order valence-electron chi connectivity index (χ2n) is 10.4. The Labute approximate surface area is 252 Å². The second kappa shape index (κ2) is 19.2. The van der Waals surface area contributed by atoms with Gasteiger partial charge in [-0.2, -0.15) is 0 Å². The molecule has 242 valence electrons. The van der Waals surface area contributed by atoms with Gasteiger partial charge in [-0.05, 0) is 65.8 Å². The molecule has 0 radical (unpaired) electrons. The van der Waals surface area contributed by atoms with Crippen LogP contribution < -0.4 is 32.7 Å². The molecule has 15 heteroatoms. The predicted molar refractivity (Wildman–Crippen MR) is 157 cm³/mol. The molecule has 5 atom stereocenters. The van der Waals surface area contributed by atoms with Crippen molar-refractivity contribution < 1.29 is 38.3 Å². The highest BCUT2D eigenvalue weighted by Gasteiger charge is 2.37. The molecule has 0 unspecified atom stereocenters. The lowest BCUT2D eigenvalue weighted by Gasteiger charge is -2.28. The highest BCUT2D eigenvalue weighted by molar-refractivity contribution is 5.95. The van der Waals surface area contributed by atoms with Crippen LogP contribution in [0.3, 0.4) is 0 Å². The molecule has 1 aliphatic rings. The van der Waals surface area contributed by atoms with Crippen molar-refractivity contribution in [2.45, 2.75) is 103 Å². The minimum atomic E-state index is -1.04. The zero-order valence-corrected chi connectivity index (χ0v) is 25.5. The van der Waals surface area contributed by atoms with E-state index in [0.717, 1.165) is 6.08 Å². The molecule has 0 aliphatic carbocycles. The molecule has 43 heavy (non-hydrogen) atoms. The monoisotopic (exact) mass is 609 g/mol. The molecular formula is C28H47N7O8. The summed E-state index contributed by atoms with van der Waals surface area (Å²) in [6.45, 7) is 6.82. The maximum Gasteiger partial charge on any atom is 0.330 e. The van der Waals surface area contributed by atoms with Gasteiger partial charge in [-0.3, -0.25) is 28.8 Å². The molecule has 0 saturated carbocycles. The van der Waals surface area contributed by atoms with Crippen LogP contribution in [0.15, 0.2) is 12.2 Å². The Hall–Kier alpha value is -4.01. The summed E-state index contributed by atoms with van der Waals surface area (Å²) in [7, 11) is 0. The van der Waals surface area contributed by atoms with E-state index in [1.165, 1.54) is 31.7 Å². The Morgan fingerprint density at radius 2 is 1.65 bits per heavy atom. The van der Waals surface area contributed by atoms with Gasteiger partial charge in [-0.15, -0.1) is 0 Å². The Morgan fingerprint density at radius 1 is 0.953 bits per heavy atom. The van der Waals surface area contributed by atoms with E-state index in [9.17, 15) is 33.6 Å². The fraction of sp³-hybridized carbons (Fsp3) is 0.679. The minimum absolute atomic E-state index is 0.0599. The molecule has 15 nitrogen and oxygen atoms in total. The van der Waals surface area contributed by atoms with Gasteiger partial charge in [0.25, 0.3) is 0 Å². The number of hydrogen-bond donors (Lipinski definition) is 6. The Balaban J connectivity index is 2.93. The maximum atomic E-state index is 13.2. The first-order valence-electron chi connectivity index (χ1n) is 14.6. The van der Waals surface area contributed by atoms with Gasteiger partial charge in [-0.1, -0.05) is 6.08 Å². The second-order valence-corrected chi connectivity index (χ2v) is 10.4. The molecule has 0 bridgehead atoms. The van der Waals surface area contributed by atoms with E-state index in [2.05, 4.69) is 21.3 Å². The number of ether oxygens (including phenoxy) is 1. The fourth-order valence-corrected chi connectivity index (χ4v) is 4.53. The standard InChI is InChI=1S/C28H47N7O8/c1-5-43-24(38)14-12-20(11-13-23(30)37)33-26(40)21(9-6-7-15-29)34-25(39)17(2)32-27(41)22-10-8-16-35(22)28(42)18(3)31-19(4)36/h12,14,17-18,20-22H,5-11,13,15-16,29H2,1-4H3,(H2,30,37)(H,31,36)(H,32,41)(H,33,40)(H,34,39)/b14-12+/t17-,18-,20-,21-,22-/m0/s1. The number of esters is 1. The van der Waals surface area contributed by atoms with Crippen molar-refractivity contribution in [1.29, 1.82) is 0 Å². The maximum absolute atomic E-state index is 13.2. The summed E-state index contributed by atoms with van der Waals surface area (Å²) in [6, 6.07) is -4.41. The van der Waals surface area contributed by atoms with Crippen molar-refractivity contribution in [1.82, 2.24) is 26.2 Å². The van der Waals surface area contributed by atoms with Crippen LogP contribution in [0.1, 0.15) is 72.6 Å². The van der Waals surface area contributed by atoms with Gasteiger partial charge < -0.3 is 42.4 Å². The van der Waals surface area contributed by atoms with Crippen LogP contribution in [0, 0.1) is 0 Å². The van der Waals surface area contributed by atoms with Crippen LogP contribution in [0.5, 0.6) is 0 Å². The van der Waals surface area contributed by atoms with E-state index in [4.69, 9.17) is 16.2 Å². The molecule has 8 N–H and O–H groups in total. The number of nitrogens with two attached hydrogens (primary N) is 2. The quantitative estimate of drug-likeness (QED) is 0.0601. The summed E-state index contributed by atoms with van der Waals surface area (Å²) in [4.78, 5) is 88.0. The Kier molecular flexibility index (Phi) is 16.6. The van der Waals surface area contributed by atoms with Gasteiger partial charge in [0.2, 0.25) is 35.4 Å². The molecule has 0 aromatic rings. The molecule has 1 heterocycles. The molecule has 1 fully saturated rings. The van der Waals surface area contributed by atoms with Crippen molar-refractivity contribution in [2.24, 2.45) is 11.5 Å². The Morgan fingerprint density at radius 3 is 2.26 bits per heavy atom. The van der Waals surface area contributed by atoms with E-state index >= 15 is 0 Å². The zero-order chi connectivity index (χ0) is 32.5. The van der Waals surface area contributed by atoms with Gasteiger partial charge in [-0.25, -0.2) is 4.79 Å². The molecule has 0 aromatic heterocycles. The lowest BCUT2D eigenvalue weighted by atomic mass is 10.1. The van der Waals surface area contributed by atoms with Gasteiger partial charge in [0.05, 0.1) is 6.61 Å². The molecule has 1 saturated heterocycles. The van der Waals surface area contributed by atoms with Crippen LogP contribution in [0.2, 0.25) is 0 Å². The number of unbranched alkanes of at least 4 members (excludes halogenated alkanes) is 1. The van der Waals surface area contributed by atoms with Crippen molar-refractivity contribution in [2.75, 3.05) is 19.7 Å². The zero-order valence-electron chi connectivity index (χ0n) is 25.5. The SMILES string of the molecule is CCOC(=O)/C=C/[C@H](CCC(N)=O)NC(=O)[C@H](CCCCN)NC(=O)[C@H](C)NC(=O)[C@@H]1CCCN1C(=O)[C@H](C)NC(C)=O. The van der Waals surface area contributed by atoms with Crippen molar-refractivity contribution >= 4 is 41.4 Å². The van der Waals surface area contributed by atoms with Gasteiger partial charge >= 0.3 is 5.97 Å². The van der Waals surface area contributed by atoms with E-state index in [0.29, 0.717) is 38.8 Å². The fourth-order valence-electron chi connectivity index (χ4n) is 4.53. The average Bonchev–Trinajstić information content (AvgIpc) is 3.43. The van der Waals surface area contributed by atoms with Crippen LogP contribution in [0.25, 0.3) is 0 Å². The third kappa shape index (κ3) is 13.7. The number of carbonyl (C=O) groups excluding carboxylic acids is 7. The van der Waals surface area contributed by atoms with Crippen LogP contribution in [0.4, 0.5) is 0 Å². The summed E-state index contributed by atoms with van der Waals surface area (Å²) in [6.07, 6.45) is 4.93. The predicted octanol–water partition coefficient (Wildman–Crippen LogP) is -1.51. The normalized spacial score (nSPS) is 17.3. The summed E-state index contributed by atoms with van der Waals surface area (Å²) in [5.41, 5.74) is 10.8. The molecular weight excluding hydrogens is 562 g/mol. The topological polar surface area (TPSA) is 232 Å². The molecule has 1 aliphatic heterocycles. The van der Waals surface area contributed by atoms with E-state index in [1.807, 2.05) is 0 Å². The number of amides is 6. The van der Waals surface area contributed by atoms with Gasteiger partial charge in [0.15, 0.2) is 0 Å². The molecule has 1 rings (SSSR count). The van der Waals surface area contributed by atoms with Crippen molar-refractivity contribution in [3.05, 3.63) is 12.2 Å².